The summed E-state index contributed by atoms with van der Waals surface area (Å²) in [7, 11) is 0. The Balaban J connectivity index is 1.57. The van der Waals surface area contributed by atoms with Crippen molar-refractivity contribution in [3.05, 3.63) is 52.2 Å². The van der Waals surface area contributed by atoms with Gasteiger partial charge in [-0.25, -0.2) is 4.79 Å². The van der Waals surface area contributed by atoms with E-state index in [1.165, 1.54) is 4.88 Å². The van der Waals surface area contributed by atoms with Gasteiger partial charge in [-0.15, -0.1) is 11.3 Å². The van der Waals surface area contributed by atoms with Gasteiger partial charge in [-0.1, -0.05) is 12.1 Å². The lowest BCUT2D eigenvalue weighted by Gasteiger charge is -2.34. The van der Waals surface area contributed by atoms with Gasteiger partial charge in [0.25, 0.3) is 5.91 Å². The average Bonchev–Trinajstić information content (AvgIpc) is 3.07. The minimum Gasteiger partial charge on any atom is -0.351 e. The highest BCUT2D eigenvalue weighted by Gasteiger charge is 2.22. The zero-order chi connectivity index (χ0) is 16.9. The second kappa shape index (κ2) is 7.46. The molecular weight excluding hydrogens is 324 g/mol. The number of thiophene rings is 1. The molecule has 0 atom stereocenters. The van der Waals surface area contributed by atoms with Gasteiger partial charge in [-0.05, 0) is 29.6 Å². The van der Waals surface area contributed by atoms with E-state index in [1.54, 1.807) is 35.6 Å². The molecular formula is C17H20N4O2S. The number of benzene rings is 1. The number of hydrogen-bond donors (Lipinski definition) is 2. The number of rotatable bonds is 4. The van der Waals surface area contributed by atoms with Crippen LogP contribution in [-0.4, -0.2) is 47.9 Å². The first-order valence-corrected chi connectivity index (χ1v) is 8.70. The monoisotopic (exact) mass is 344 g/mol. The van der Waals surface area contributed by atoms with Crippen LogP contribution in [-0.2, 0) is 6.54 Å². The lowest BCUT2D eigenvalue weighted by molar-refractivity contribution is 0.0629. The standard InChI is InChI=1S/C17H20N4O2S/c18-17(23)19-14-4-1-3-13(11-14)16(22)21-8-6-20(7-9-21)12-15-5-2-10-24-15/h1-5,10-11H,6-9,12H2,(H3,18,19,23). The summed E-state index contributed by atoms with van der Waals surface area (Å²) in [6, 6.07) is 10.4. The number of carbonyl (C=O) groups excluding carboxylic acids is 2. The Morgan fingerprint density at radius 2 is 1.92 bits per heavy atom. The van der Waals surface area contributed by atoms with Crippen LogP contribution in [0.4, 0.5) is 10.5 Å². The molecule has 126 valence electrons. The molecule has 3 rings (SSSR count). The molecule has 0 bridgehead atoms. The third-order valence-electron chi connectivity index (χ3n) is 4.00. The fourth-order valence-electron chi connectivity index (χ4n) is 2.79. The summed E-state index contributed by atoms with van der Waals surface area (Å²) in [6.07, 6.45) is 0. The van der Waals surface area contributed by atoms with Crippen molar-refractivity contribution >= 4 is 29.0 Å². The number of urea groups is 1. The molecule has 1 aliphatic rings. The highest BCUT2D eigenvalue weighted by atomic mass is 32.1. The number of carbonyl (C=O) groups is 2. The van der Waals surface area contributed by atoms with Crippen LogP contribution in [0.2, 0.25) is 0 Å². The Morgan fingerprint density at radius 3 is 2.58 bits per heavy atom. The third kappa shape index (κ3) is 4.12. The number of hydrogen-bond acceptors (Lipinski definition) is 4. The van der Waals surface area contributed by atoms with Gasteiger partial charge in [-0.2, -0.15) is 0 Å². The number of anilines is 1. The van der Waals surface area contributed by atoms with Gasteiger partial charge in [0.1, 0.15) is 0 Å². The maximum atomic E-state index is 12.6. The maximum absolute atomic E-state index is 12.6. The van der Waals surface area contributed by atoms with Gasteiger partial charge in [0.15, 0.2) is 0 Å². The fourth-order valence-corrected chi connectivity index (χ4v) is 3.53. The van der Waals surface area contributed by atoms with Crippen molar-refractivity contribution in [2.24, 2.45) is 5.73 Å². The van der Waals surface area contributed by atoms with E-state index < -0.39 is 6.03 Å². The number of primary amides is 1. The molecule has 3 amide bonds. The molecule has 0 radical (unpaired) electrons. The average molecular weight is 344 g/mol. The van der Waals surface area contributed by atoms with Gasteiger partial charge in [-0.3, -0.25) is 9.69 Å². The molecule has 0 aliphatic carbocycles. The quantitative estimate of drug-likeness (QED) is 0.892. The van der Waals surface area contributed by atoms with E-state index in [2.05, 4.69) is 27.7 Å². The second-order valence-corrected chi connectivity index (χ2v) is 6.75. The Labute approximate surface area is 144 Å². The van der Waals surface area contributed by atoms with E-state index in [-0.39, 0.29) is 5.91 Å². The first kappa shape index (κ1) is 16.5. The molecule has 2 heterocycles. The van der Waals surface area contributed by atoms with Crippen LogP contribution in [0.1, 0.15) is 15.2 Å². The van der Waals surface area contributed by atoms with Crippen molar-refractivity contribution in [3.8, 4) is 0 Å². The van der Waals surface area contributed by atoms with Crippen LogP contribution in [0, 0.1) is 0 Å². The summed E-state index contributed by atoms with van der Waals surface area (Å²) in [5.41, 5.74) is 6.21. The van der Waals surface area contributed by atoms with Crippen molar-refractivity contribution < 1.29 is 9.59 Å². The first-order chi connectivity index (χ1) is 11.6. The fraction of sp³-hybridized carbons (Fsp3) is 0.294. The van der Waals surface area contributed by atoms with Gasteiger partial charge < -0.3 is 16.0 Å². The molecule has 1 fully saturated rings. The molecule has 2 aromatic rings. The predicted octanol–water partition coefficient (Wildman–Crippen LogP) is 2.20. The molecule has 0 unspecified atom stereocenters. The molecule has 1 aliphatic heterocycles. The highest BCUT2D eigenvalue weighted by molar-refractivity contribution is 7.09. The van der Waals surface area contributed by atoms with E-state index in [4.69, 9.17) is 5.73 Å². The molecule has 1 aromatic heterocycles. The first-order valence-electron chi connectivity index (χ1n) is 7.82. The molecule has 6 nitrogen and oxygen atoms in total. The highest BCUT2D eigenvalue weighted by Crippen LogP contribution is 2.16. The largest absolute Gasteiger partial charge is 0.351 e. The SMILES string of the molecule is NC(=O)Nc1cccc(C(=O)N2CCN(Cc3cccs3)CC2)c1. The Kier molecular flexibility index (Phi) is 5.12. The molecule has 0 saturated carbocycles. The van der Waals surface area contributed by atoms with E-state index in [0.717, 1.165) is 19.6 Å². The van der Waals surface area contributed by atoms with Crippen molar-refractivity contribution in [2.75, 3.05) is 31.5 Å². The number of nitrogens with zero attached hydrogens (tertiary/aromatic N) is 2. The second-order valence-electron chi connectivity index (χ2n) is 5.72. The summed E-state index contributed by atoms with van der Waals surface area (Å²) in [5, 5.41) is 4.58. The van der Waals surface area contributed by atoms with Crippen LogP contribution in [0.15, 0.2) is 41.8 Å². The van der Waals surface area contributed by atoms with Crippen molar-refractivity contribution in [3.63, 3.8) is 0 Å². The van der Waals surface area contributed by atoms with Gasteiger partial charge in [0, 0.05) is 48.9 Å². The van der Waals surface area contributed by atoms with Crippen LogP contribution < -0.4 is 11.1 Å². The van der Waals surface area contributed by atoms with E-state index in [9.17, 15) is 9.59 Å². The molecule has 0 spiro atoms. The smallest absolute Gasteiger partial charge is 0.316 e. The van der Waals surface area contributed by atoms with Crippen LogP contribution >= 0.6 is 11.3 Å². The number of nitrogens with one attached hydrogen (secondary N) is 1. The van der Waals surface area contributed by atoms with Gasteiger partial charge in [0.2, 0.25) is 0 Å². The topological polar surface area (TPSA) is 78.7 Å². The zero-order valence-electron chi connectivity index (χ0n) is 13.3. The Hall–Kier alpha value is -2.38. The predicted molar refractivity (Wildman–Crippen MR) is 95.1 cm³/mol. The molecule has 7 heteroatoms. The number of amides is 3. The summed E-state index contributed by atoms with van der Waals surface area (Å²) in [5.74, 6) is -0.0149. The minimum absolute atomic E-state index is 0.0149. The minimum atomic E-state index is -0.637. The molecule has 1 saturated heterocycles. The third-order valence-corrected chi connectivity index (χ3v) is 4.86. The van der Waals surface area contributed by atoms with Gasteiger partial charge in [0.05, 0.1) is 0 Å². The van der Waals surface area contributed by atoms with Crippen molar-refractivity contribution in [1.29, 1.82) is 0 Å². The van der Waals surface area contributed by atoms with E-state index in [0.29, 0.717) is 24.3 Å². The normalized spacial score (nSPS) is 15.2. The summed E-state index contributed by atoms with van der Waals surface area (Å²) in [4.78, 5) is 29.1. The van der Waals surface area contributed by atoms with Crippen LogP contribution in [0.3, 0.4) is 0 Å². The summed E-state index contributed by atoms with van der Waals surface area (Å²) in [6.45, 7) is 4.08. The zero-order valence-corrected chi connectivity index (χ0v) is 14.1. The molecule has 24 heavy (non-hydrogen) atoms. The van der Waals surface area contributed by atoms with Crippen LogP contribution in [0.5, 0.6) is 0 Å². The Morgan fingerprint density at radius 1 is 1.12 bits per heavy atom. The van der Waals surface area contributed by atoms with Crippen molar-refractivity contribution in [2.45, 2.75) is 6.54 Å². The van der Waals surface area contributed by atoms with E-state index in [1.807, 2.05) is 4.90 Å². The van der Waals surface area contributed by atoms with E-state index >= 15 is 0 Å². The molecule has 1 aromatic carbocycles. The number of piperazine rings is 1. The molecule has 3 N–H and O–H groups in total. The summed E-state index contributed by atoms with van der Waals surface area (Å²) < 4.78 is 0. The lowest BCUT2D eigenvalue weighted by atomic mass is 10.1. The Bertz CT molecular complexity index is 709. The van der Waals surface area contributed by atoms with Crippen molar-refractivity contribution in [1.82, 2.24) is 9.80 Å². The van der Waals surface area contributed by atoms with Gasteiger partial charge >= 0.3 is 6.03 Å². The maximum Gasteiger partial charge on any atom is 0.316 e. The number of nitrogens with two attached hydrogens (primary N) is 1. The van der Waals surface area contributed by atoms with Crippen LogP contribution in [0.25, 0.3) is 0 Å². The lowest BCUT2D eigenvalue weighted by Crippen LogP contribution is -2.48. The summed E-state index contributed by atoms with van der Waals surface area (Å²) >= 11 is 1.76.